The zero-order chi connectivity index (χ0) is 13.9. The smallest absolute Gasteiger partial charge is 0.232 e. The van der Waals surface area contributed by atoms with Crippen LogP contribution >= 0.6 is 11.6 Å². The Morgan fingerprint density at radius 3 is 2.75 bits per heavy atom. The molecule has 20 heavy (non-hydrogen) atoms. The molecule has 5 nitrogen and oxygen atoms in total. The Bertz CT molecular complexity index is 620. The third kappa shape index (κ3) is 2.49. The molecular weight excluding hydrogens is 276 g/mol. The molecule has 6 heteroatoms. The Morgan fingerprint density at radius 2 is 2.05 bits per heavy atom. The Kier molecular flexibility index (Phi) is 3.60. The summed E-state index contributed by atoms with van der Waals surface area (Å²) >= 11 is 5.83. The lowest BCUT2D eigenvalue weighted by atomic mass is 10.1. The van der Waals surface area contributed by atoms with Gasteiger partial charge in [-0.1, -0.05) is 0 Å². The molecule has 0 N–H and O–H groups in total. The summed E-state index contributed by atoms with van der Waals surface area (Å²) < 4.78 is 0. The minimum atomic E-state index is 0.0301. The van der Waals surface area contributed by atoms with Crippen LogP contribution in [-0.4, -0.2) is 33.3 Å². The van der Waals surface area contributed by atoms with E-state index in [1.54, 1.807) is 23.5 Å². The second-order valence-corrected chi connectivity index (χ2v) is 5.02. The van der Waals surface area contributed by atoms with Crippen molar-refractivity contribution in [2.24, 2.45) is 5.92 Å². The number of halogens is 1. The average molecular weight is 289 g/mol. The molecule has 0 bridgehead atoms. The lowest BCUT2D eigenvalue weighted by molar-refractivity contribution is -0.117. The third-order valence-corrected chi connectivity index (χ3v) is 3.72. The van der Waals surface area contributed by atoms with Crippen LogP contribution in [0.1, 0.15) is 6.42 Å². The lowest BCUT2D eigenvalue weighted by Gasteiger charge is -2.14. The van der Waals surface area contributed by atoms with E-state index >= 15 is 0 Å². The van der Waals surface area contributed by atoms with Crippen LogP contribution in [0.5, 0.6) is 0 Å². The highest BCUT2D eigenvalue weighted by Crippen LogP contribution is 2.24. The summed E-state index contributed by atoms with van der Waals surface area (Å²) in [6, 6.07) is 5.57. The highest BCUT2D eigenvalue weighted by Gasteiger charge is 2.31. The molecule has 2 aromatic heterocycles. The van der Waals surface area contributed by atoms with E-state index < -0.39 is 0 Å². The number of pyridine rings is 1. The van der Waals surface area contributed by atoms with E-state index in [9.17, 15) is 4.79 Å². The van der Waals surface area contributed by atoms with Gasteiger partial charge < -0.3 is 0 Å². The van der Waals surface area contributed by atoms with Crippen molar-refractivity contribution in [2.75, 3.05) is 17.3 Å². The number of amides is 1. The van der Waals surface area contributed by atoms with E-state index in [0.717, 1.165) is 11.3 Å². The number of hydrogen-bond acceptors (Lipinski definition) is 4. The second-order valence-electron chi connectivity index (χ2n) is 4.71. The minimum absolute atomic E-state index is 0.0301. The number of hydrogen-bond donors (Lipinski definition) is 0. The zero-order valence-electron chi connectivity index (χ0n) is 10.7. The average Bonchev–Trinajstić information content (AvgIpc) is 2.89. The van der Waals surface area contributed by atoms with Crippen LogP contribution in [-0.2, 0) is 4.79 Å². The van der Waals surface area contributed by atoms with Crippen molar-refractivity contribution in [3.05, 3.63) is 36.8 Å². The van der Waals surface area contributed by atoms with Crippen molar-refractivity contribution in [2.45, 2.75) is 6.42 Å². The number of carbonyl (C=O) groups excluding carboxylic acids is 1. The second kappa shape index (κ2) is 5.54. The van der Waals surface area contributed by atoms with Crippen LogP contribution in [0.3, 0.4) is 0 Å². The highest BCUT2D eigenvalue weighted by molar-refractivity contribution is 6.18. The number of nitrogens with zero attached hydrogens (tertiary/aromatic N) is 4. The van der Waals surface area contributed by atoms with Gasteiger partial charge in [-0.25, -0.2) is 9.97 Å². The molecule has 1 saturated heterocycles. The summed E-state index contributed by atoms with van der Waals surface area (Å²) in [5, 5.41) is 0. The molecule has 102 valence electrons. The van der Waals surface area contributed by atoms with E-state index in [2.05, 4.69) is 15.0 Å². The van der Waals surface area contributed by atoms with Gasteiger partial charge in [0.25, 0.3) is 0 Å². The van der Waals surface area contributed by atoms with E-state index in [1.807, 2.05) is 18.2 Å². The molecule has 0 aliphatic carbocycles. The fraction of sp³-hybridized carbons (Fsp3) is 0.286. The van der Waals surface area contributed by atoms with E-state index in [1.165, 1.54) is 0 Å². The fourth-order valence-corrected chi connectivity index (χ4v) is 2.45. The summed E-state index contributed by atoms with van der Waals surface area (Å²) in [5.41, 5.74) is 1.73. The predicted molar refractivity (Wildman–Crippen MR) is 76.4 cm³/mol. The van der Waals surface area contributed by atoms with E-state index in [-0.39, 0.29) is 11.8 Å². The summed E-state index contributed by atoms with van der Waals surface area (Å²) in [6.07, 6.45) is 5.55. The Hall–Kier alpha value is -2.01. The SMILES string of the molecule is O=C1CC(CCl)CN1c1nccc(-c2ccncc2)n1. The van der Waals surface area contributed by atoms with Gasteiger partial charge in [0.15, 0.2) is 0 Å². The number of anilines is 1. The first-order valence-corrected chi connectivity index (χ1v) is 6.91. The van der Waals surface area contributed by atoms with Gasteiger partial charge in [0.1, 0.15) is 0 Å². The molecule has 1 aliphatic heterocycles. The van der Waals surface area contributed by atoms with E-state index in [0.29, 0.717) is 24.8 Å². The van der Waals surface area contributed by atoms with Crippen molar-refractivity contribution < 1.29 is 4.79 Å². The van der Waals surface area contributed by atoms with Crippen molar-refractivity contribution >= 4 is 23.5 Å². The molecule has 2 aromatic rings. The molecule has 0 radical (unpaired) electrons. The largest absolute Gasteiger partial charge is 0.280 e. The van der Waals surface area contributed by atoms with Crippen molar-refractivity contribution in [3.63, 3.8) is 0 Å². The molecule has 3 heterocycles. The maximum absolute atomic E-state index is 12.0. The number of carbonyl (C=O) groups is 1. The predicted octanol–water partition coefficient (Wildman–Crippen LogP) is 2.13. The first-order valence-electron chi connectivity index (χ1n) is 6.37. The van der Waals surface area contributed by atoms with Gasteiger partial charge in [-0.3, -0.25) is 14.7 Å². The molecule has 0 spiro atoms. The fourth-order valence-electron chi connectivity index (χ4n) is 2.24. The van der Waals surface area contributed by atoms with Crippen molar-refractivity contribution in [3.8, 4) is 11.3 Å². The summed E-state index contributed by atoms with van der Waals surface area (Å²) in [4.78, 5) is 26.2. The normalized spacial score (nSPS) is 18.6. The Labute approximate surface area is 121 Å². The van der Waals surface area contributed by atoms with Crippen molar-refractivity contribution in [1.29, 1.82) is 0 Å². The molecule has 1 atom stereocenters. The first kappa shape index (κ1) is 13.0. The summed E-state index contributed by atoms with van der Waals surface area (Å²) in [6.45, 7) is 0.585. The van der Waals surface area contributed by atoms with Gasteiger partial charge in [0, 0.05) is 43.0 Å². The molecule has 0 aromatic carbocycles. The molecule has 3 rings (SSSR count). The molecule has 1 aliphatic rings. The van der Waals surface area contributed by atoms with Crippen LogP contribution < -0.4 is 4.90 Å². The Morgan fingerprint density at radius 1 is 1.25 bits per heavy atom. The van der Waals surface area contributed by atoms with Crippen molar-refractivity contribution in [1.82, 2.24) is 15.0 Å². The Balaban J connectivity index is 1.91. The molecule has 1 unspecified atom stereocenters. The molecule has 0 saturated carbocycles. The standard InChI is InChI=1S/C14H13ClN4O/c15-8-10-7-13(20)19(9-10)14-17-6-3-12(18-14)11-1-4-16-5-2-11/h1-6,10H,7-9H2. The number of aromatic nitrogens is 3. The monoisotopic (exact) mass is 288 g/mol. The van der Waals surface area contributed by atoms with Gasteiger partial charge in [0.2, 0.25) is 11.9 Å². The van der Waals surface area contributed by atoms with Crippen LogP contribution in [0.4, 0.5) is 5.95 Å². The number of rotatable bonds is 3. The van der Waals surface area contributed by atoms with Gasteiger partial charge in [-0.05, 0) is 24.1 Å². The summed E-state index contributed by atoms with van der Waals surface area (Å²) in [7, 11) is 0. The van der Waals surface area contributed by atoms with Crippen LogP contribution in [0, 0.1) is 5.92 Å². The minimum Gasteiger partial charge on any atom is -0.280 e. The molecule has 1 fully saturated rings. The molecular formula is C14H13ClN4O. The van der Waals surface area contributed by atoms with Gasteiger partial charge in [-0.15, -0.1) is 11.6 Å². The summed E-state index contributed by atoms with van der Waals surface area (Å²) in [5.74, 6) is 1.13. The number of alkyl halides is 1. The van der Waals surface area contributed by atoms with Crippen LogP contribution in [0.2, 0.25) is 0 Å². The zero-order valence-corrected chi connectivity index (χ0v) is 11.5. The topological polar surface area (TPSA) is 59.0 Å². The maximum atomic E-state index is 12.0. The van der Waals surface area contributed by atoms with Gasteiger partial charge in [-0.2, -0.15) is 0 Å². The van der Waals surface area contributed by atoms with Gasteiger partial charge >= 0.3 is 0 Å². The first-order chi connectivity index (χ1) is 9.78. The van der Waals surface area contributed by atoms with Gasteiger partial charge in [0.05, 0.1) is 5.69 Å². The van der Waals surface area contributed by atoms with Crippen LogP contribution in [0.15, 0.2) is 36.8 Å². The highest BCUT2D eigenvalue weighted by atomic mass is 35.5. The third-order valence-electron chi connectivity index (χ3n) is 3.28. The van der Waals surface area contributed by atoms with Crippen LogP contribution in [0.25, 0.3) is 11.3 Å². The molecule has 1 amide bonds. The van der Waals surface area contributed by atoms with E-state index in [4.69, 9.17) is 11.6 Å². The quantitative estimate of drug-likeness (QED) is 0.812. The maximum Gasteiger partial charge on any atom is 0.232 e. The lowest BCUT2D eigenvalue weighted by Crippen LogP contribution is -2.26.